The van der Waals surface area contributed by atoms with Crippen molar-refractivity contribution in [2.75, 3.05) is 18.6 Å². The Kier molecular flexibility index (Phi) is 7.78. The van der Waals surface area contributed by atoms with Gasteiger partial charge in [-0.3, -0.25) is 9.69 Å². The minimum atomic E-state index is -3.75. The van der Waals surface area contributed by atoms with E-state index in [1.807, 2.05) is 55.5 Å². The first kappa shape index (κ1) is 26.6. The number of nitrogens with zero attached hydrogens (tertiary/aromatic N) is 3. The third kappa shape index (κ3) is 5.73. The molecule has 0 fully saturated rings. The highest BCUT2D eigenvalue weighted by molar-refractivity contribution is 7.89. The van der Waals surface area contributed by atoms with Crippen molar-refractivity contribution in [3.05, 3.63) is 108 Å². The summed E-state index contributed by atoms with van der Waals surface area (Å²) in [5.74, 6) is 0.913. The molecule has 0 aliphatic carbocycles. The van der Waals surface area contributed by atoms with Crippen LogP contribution in [0.2, 0.25) is 0 Å². The van der Waals surface area contributed by atoms with Crippen molar-refractivity contribution < 1.29 is 22.4 Å². The zero-order valence-corrected chi connectivity index (χ0v) is 23.1. The van der Waals surface area contributed by atoms with Gasteiger partial charge in [-0.05, 0) is 61.0 Å². The highest BCUT2D eigenvalue weighted by atomic mass is 32.2. The molecule has 0 N–H and O–H groups in total. The topological polar surface area (TPSA) is 92.9 Å². The molecule has 0 unspecified atom stereocenters. The molecule has 0 saturated carbocycles. The molecule has 0 aliphatic heterocycles. The zero-order valence-electron chi connectivity index (χ0n) is 21.5. The molecule has 1 amide bonds. The number of amides is 1. The number of aromatic nitrogens is 1. The molecule has 0 spiro atoms. The van der Waals surface area contributed by atoms with Crippen molar-refractivity contribution >= 4 is 42.6 Å². The van der Waals surface area contributed by atoms with E-state index in [2.05, 4.69) is 0 Å². The molecular formula is C29H27N3O5S2. The molecule has 5 rings (SSSR count). The summed E-state index contributed by atoms with van der Waals surface area (Å²) in [5, 5.41) is 0.484. The van der Waals surface area contributed by atoms with E-state index in [9.17, 15) is 13.2 Å². The van der Waals surface area contributed by atoms with Crippen LogP contribution in [0.25, 0.3) is 10.2 Å². The number of furan rings is 1. The Labute approximate surface area is 231 Å². The second-order valence-corrected chi connectivity index (χ2v) is 11.8. The maximum atomic E-state index is 13.8. The molecular weight excluding hydrogens is 534 g/mol. The molecule has 200 valence electrons. The van der Waals surface area contributed by atoms with Gasteiger partial charge in [0.05, 0.1) is 29.0 Å². The van der Waals surface area contributed by atoms with Crippen LogP contribution in [0, 0.1) is 0 Å². The third-order valence-corrected chi connectivity index (χ3v) is 8.96. The Morgan fingerprint density at radius 3 is 2.41 bits per heavy atom. The molecule has 0 aliphatic rings. The predicted octanol–water partition coefficient (Wildman–Crippen LogP) is 5.96. The Hall–Kier alpha value is -3.99. The monoisotopic (exact) mass is 561 g/mol. The van der Waals surface area contributed by atoms with Crippen molar-refractivity contribution in [3.63, 3.8) is 0 Å². The van der Waals surface area contributed by atoms with Gasteiger partial charge in [0, 0.05) is 19.2 Å². The summed E-state index contributed by atoms with van der Waals surface area (Å²) >= 11 is 1.37. The summed E-state index contributed by atoms with van der Waals surface area (Å²) in [7, 11) is -2.21. The van der Waals surface area contributed by atoms with Crippen molar-refractivity contribution in [3.8, 4) is 5.75 Å². The van der Waals surface area contributed by atoms with Gasteiger partial charge in [0.15, 0.2) is 5.13 Å². The minimum Gasteiger partial charge on any atom is -0.492 e. The van der Waals surface area contributed by atoms with Crippen LogP contribution in [-0.4, -0.2) is 37.3 Å². The summed E-state index contributed by atoms with van der Waals surface area (Å²) in [6.45, 7) is 2.80. The quantitative estimate of drug-likeness (QED) is 0.209. The van der Waals surface area contributed by atoms with Crippen molar-refractivity contribution in [1.29, 1.82) is 0 Å². The van der Waals surface area contributed by atoms with E-state index in [1.54, 1.807) is 18.4 Å². The first-order chi connectivity index (χ1) is 18.9. The number of hydrogen-bond donors (Lipinski definition) is 0. The average molecular weight is 562 g/mol. The van der Waals surface area contributed by atoms with Gasteiger partial charge in [-0.1, -0.05) is 47.7 Å². The second kappa shape index (κ2) is 11.4. The lowest BCUT2D eigenvalue weighted by molar-refractivity contribution is 0.0983. The first-order valence-corrected chi connectivity index (χ1v) is 14.6. The first-order valence-electron chi connectivity index (χ1n) is 12.3. The normalized spacial score (nSPS) is 11.7. The van der Waals surface area contributed by atoms with Gasteiger partial charge in [-0.15, -0.1) is 0 Å². The Bertz CT molecular complexity index is 1670. The van der Waals surface area contributed by atoms with Gasteiger partial charge in [-0.25, -0.2) is 13.4 Å². The zero-order chi connectivity index (χ0) is 27.4. The number of fused-ring (bicyclic) bond motifs is 1. The van der Waals surface area contributed by atoms with Crippen LogP contribution < -0.4 is 9.64 Å². The SMILES string of the molecule is CCOc1cccc2sc(N(Cc3ccco3)C(=O)c3ccc(S(=O)(=O)N(C)Cc4ccccc4)cc3)nc12. The highest BCUT2D eigenvalue weighted by Crippen LogP contribution is 2.35. The molecule has 0 saturated heterocycles. The van der Waals surface area contributed by atoms with E-state index < -0.39 is 10.0 Å². The lowest BCUT2D eigenvalue weighted by Crippen LogP contribution is -2.30. The molecule has 2 heterocycles. The van der Waals surface area contributed by atoms with Gasteiger partial charge in [0.2, 0.25) is 10.0 Å². The fourth-order valence-corrected chi connectivity index (χ4v) is 6.25. The van der Waals surface area contributed by atoms with E-state index in [0.29, 0.717) is 34.3 Å². The van der Waals surface area contributed by atoms with Crippen molar-refractivity contribution in [2.45, 2.75) is 24.9 Å². The van der Waals surface area contributed by atoms with E-state index in [1.165, 1.54) is 51.9 Å². The Balaban J connectivity index is 1.43. The largest absolute Gasteiger partial charge is 0.492 e. The number of carbonyl (C=O) groups excluding carboxylic acids is 1. The lowest BCUT2D eigenvalue weighted by atomic mass is 10.2. The summed E-state index contributed by atoms with van der Waals surface area (Å²) in [4.78, 5) is 20.1. The third-order valence-electron chi connectivity index (χ3n) is 6.10. The van der Waals surface area contributed by atoms with Crippen LogP contribution in [0.1, 0.15) is 28.6 Å². The highest BCUT2D eigenvalue weighted by Gasteiger charge is 2.25. The lowest BCUT2D eigenvalue weighted by Gasteiger charge is -2.20. The van der Waals surface area contributed by atoms with Gasteiger partial charge in [0.25, 0.3) is 5.91 Å². The molecule has 0 atom stereocenters. The number of hydrogen-bond acceptors (Lipinski definition) is 7. The van der Waals surface area contributed by atoms with Crippen LogP contribution >= 0.6 is 11.3 Å². The Morgan fingerprint density at radius 1 is 0.949 bits per heavy atom. The number of rotatable bonds is 10. The van der Waals surface area contributed by atoms with Gasteiger partial charge >= 0.3 is 0 Å². The number of sulfonamides is 1. The summed E-state index contributed by atoms with van der Waals surface area (Å²) in [5.41, 5.74) is 1.89. The minimum absolute atomic E-state index is 0.108. The molecule has 3 aromatic carbocycles. The molecule has 8 nitrogen and oxygen atoms in total. The number of thiazole rings is 1. The van der Waals surface area contributed by atoms with Gasteiger partial charge in [0.1, 0.15) is 17.0 Å². The summed E-state index contributed by atoms with van der Waals surface area (Å²) in [6.07, 6.45) is 1.55. The van der Waals surface area contributed by atoms with E-state index >= 15 is 0 Å². The second-order valence-electron chi connectivity index (χ2n) is 8.77. The van der Waals surface area contributed by atoms with E-state index in [4.69, 9.17) is 14.1 Å². The number of para-hydroxylation sites is 1. The summed E-state index contributed by atoms with van der Waals surface area (Å²) < 4.78 is 39.8. The molecule has 0 radical (unpaired) electrons. The van der Waals surface area contributed by atoms with Crippen molar-refractivity contribution in [2.24, 2.45) is 0 Å². The van der Waals surface area contributed by atoms with E-state index in [0.717, 1.165) is 10.3 Å². The molecule has 5 aromatic rings. The van der Waals surface area contributed by atoms with E-state index in [-0.39, 0.29) is 23.9 Å². The predicted molar refractivity (Wildman–Crippen MR) is 152 cm³/mol. The van der Waals surface area contributed by atoms with Crippen LogP contribution in [0.15, 0.2) is 101 Å². The maximum Gasteiger partial charge on any atom is 0.260 e. The molecule has 0 bridgehead atoms. The molecule has 10 heteroatoms. The molecule has 39 heavy (non-hydrogen) atoms. The van der Waals surface area contributed by atoms with Crippen molar-refractivity contribution in [1.82, 2.24) is 9.29 Å². The number of anilines is 1. The number of benzene rings is 3. The van der Waals surface area contributed by atoms with Crippen LogP contribution in [0.3, 0.4) is 0 Å². The van der Waals surface area contributed by atoms with Gasteiger partial charge < -0.3 is 9.15 Å². The summed E-state index contributed by atoms with van der Waals surface area (Å²) in [6, 6.07) is 24.6. The Morgan fingerprint density at radius 2 is 1.72 bits per heavy atom. The van der Waals surface area contributed by atoms with Gasteiger partial charge in [-0.2, -0.15) is 4.31 Å². The van der Waals surface area contributed by atoms with Crippen LogP contribution in [-0.2, 0) is 23.1 Å². The average Bonchev–Trinajstić information content (AvgIpc) is 3.63. The standard InChI is InChI=1S/C29H27N3O5S2/c1-3-36-25-12-7-13-26-27(25)30-29(38-26)32(20-23-11-8-18-37-23)28(33)22-14-16-24(17-15-22)39(34,35)31(2)19-21-9-5-4-6-10-21/h4-18H,3,19-20H2,1-2H3. The fraction of sp³-hybridized carbons (Fsp3) is 0.172. The number of ether oxygens (including phenoxy) is 1. The number of carbonyl (C=O) groups is 1. The van der Waals surface area contributed by atoms with Crippen LogP contribution in [0.5, 0.6) is 5.75 Å². The maximum absolute atomic E-state index is 13.8. The van der Waals surface area contributed by atoms with Crippen LogP contribution in [0.4, 0.5) is 5.13 Å². The fourth-order valence-electron chi connectivity index (χ4n) is 4.11. The smallest absolute Gasteiger partial charge is 0.260 e. The molecule has 2 aromatic heterocycles.